The highest BCUT2D eigenvalue weighted by Gasteiger charge is 2.20. The molecule has 0 atom stereocenters. The van der Waals surface area contributed by atoms with Crippen LogP contribution in [0.25, 0.3) is 22.4 Å². The second kappa shape index (κ2) is 10.4. The van der Waals surface area contributed by atoms with Crippen LogP contribution in [0.4, 0.5) is 0 Å². The van der Waals surface area contributed by atoms with Gasteiger partial charge in [0.05, 0.1) is 29.5 Å². The van der Waals surface area contributed by atoms with Crippen molar-refractivity contribution in [1.29, 1.82) is 0 Å². The first kappa shape index (κ1) is 23.2. The Labute approximate surface area is 207 Å². The third kappa shape index (κ3) is 4.68. The minimum absolute atomic E-state index is 0.0504. The van der Waals surface area contributed by atoms with E-state index in [2.05, 4.69) is 21.6 Å². The number of thioether (sulfide) groups is 1. The molecule has 0 bridgehead atoms. The van der Waals surface area contributed by atoms with Crippen LogP contribution >= 0.6 is 11.8 Å². The molecule has 4 aromatic rings. The van der Waals surface area contributed by atoms with Crippen molar-refractivity contribution in [3.8, 4) is 11.4 Å². The van der Waals surface area contributed by atoms with Gasteiger partial charge >= 0.3 is 0 Å². The van der Waals surface area contributed by atoms with Crippen LogP contribution in [0.2, 0.25) is 0 Å². The molecule has 0 saturated heterocycles. The summed E-state index contributed by atoms with van der Waals surface area (Å²) < 4.78 is 8.84. The Hall–Kier alpha value is -3.59. The van der Waals surface area contributed by atoms with Gasteiger partial charge in [-0.2, -0.15) is 0 Å². The Morgan fingerprint density at radius 3 is 2.77 bits per heavy atom. The maximum atomic E-state index is 13.5. The van der Waals surface area contributed by atoms with Gasteiger partial charge in [-0.05, 0) is 56.4 Å². The van der Waals surface area contributed by atoms with Gasteiger partial charge in [-0.25, -0.2) is 4.57 Å². The number of ether oxygens (including phenoxy) is 1. The van der Waals surface area contributed by atoms with Crippen LogP contribution in [0.3, 0.4) is 0 Å². The number of rotatable bonds is 8. The van der Waals surface area contributed by atoms with Gasteiger partial charge < -0.3 is 10.1 Å². The minimum atomic E-state index is -0.212. The predicted molar refractivity (Wildman–Crippen MR) is 138 cm³/mol. The van der Waals surface area contributed by atoms with Gasteiger partial charge in [-0.15, -0.1) is 10.2 Å². The number of para-hydroxylation sites is 3. The molecule has 1 N–H and O–H groups in total. The van der Waals surface area contributed by atoms with Crippen molar-refractivity contribution in [2.75, 3.05) is 19.4 Å². The van der Waals surface area contributed by atoms with Crippen LogP contribution in [0.15, 0.2) is 70.1 Å². The summed E-state index contributed by atoms with van der Waals surface area (Å²) >= 11 is 1.30. The standard InChI is InChI=1S/C26H27N5O3S/c1-34-22-14-8-7-13-21(22)30-24(33)19-11-5-6-12-20(19)31-25(30)28-29-26(31)35-17-23(32)27-16-15-18-9-3-2-4-10-18/h5-9,11-14H,2-4,10,15-17H2,1H3,(H,27,32). The normalized spacial score (nSPS) is 13.7. The van der Waals surface area contributed by atoms with E-state index >= 15 is 0 Å². The van der Waals surface area contributed by atoms with E-state index in [9.17, 15) is 9.59 Å². The number of methoxy groups -OCH3 is 1. The summed E-state index contributed by atoms with van der Waals surface area (Å²) in [6, 6.07) is 14.6. The zero-order chi connectivity index (χ0) is 24.2. The van der Waals surface area contributed by atoms with Gasteiger partial charge in [0.15, 0.2) is 5.16 Å². The topological polar surface area (TPSA) is 90.5 Å². The number of fused-ring (bicyclic) bond motifs is 3. The van der Waals surface area contributed by atoms with E-state index in [1.165, 1.54) is 34.7 Å². The van der Waals surface area contributed by atoms with Crippen molar-refractivity contribution < 1.29 is 9.53 Å². The molecule has 0 unspecified atom stereocenters. The molecule has 0 fully saturated rings. The van der Waals surface area contributed by atoms with Crippen molar-refractivity contribution in [2.45, 2.75) is 37.3 Å². The number of carbonyl (C=O) groups is 1. The smallest absolute Gasteiger partial charge is 0.267 e. The lowest BCUT2D eigenvalue weighted by molar-refractivity contribution is -0.118. The number of nitrogens with one attached hydrogen (secondary N) is 1. The number of amides is 1. The molecule has 2 aromatic carbocycles. The highest BCUT2D eigenvalue weighted by molar-refractivity contribution is 7.99. The molecule has 0 saturated carbocycles. The Morgan fingerprint density at radius 2 is 1.94 bits per heavy atom. The number of nitrogens with zero attached hydrogens (tertiary/aromatic N) is 4. The predicted octanol–water partition coefficient (Wildman–Crippen LogP) is 4.14. The molecule has 1 amide bonds. The zero-order valence-electron chi connectivity index (χ0n) is 19.6. The van der Waals surface area contributed by atoms with E-state index in [1.807, 2.05) is 40.8 Å². The maximum absolute atomic E-state index is 13.5. The van der Waals surface area contributed by atoms with Crippen LogP contribution in [0, 0.1) is 0 Å². The molecule has 9 heteroatoms. The quantitative estimate of drug-likeness (QED) is 0.296. The molecule has 1 aliphatic carbocycles. The van der Waals surface area contributed by atoms with Crippen LogP contribution in [-0.2, 0) is 4.79 Å². The zero-order valence-corrected chi connectivity index (χ0v) is 20.4. The number of carbonyl (C=O) groups excluding carboxylic acids is 1. The fourth-order valence-corrected chi connectivity index (χ4v) is 5.25. The maximum Gasteiger partial charge on any atom is 0.267 e. The fraction of sp³-hybridized carbons (Fsp3) is 0.308. The van der Waals surface area contributed by atoms with Crippen molar-refractivity contribution in [3.63, 3.8) is 0 Å². The summed E-state index contributed by atoms with van der Waals surface area (Å²) in [6.45, 7) is 0.641. The lowest BCUT2D eigenvalue weighted by atomic mass is 9.97. The molecule has 180 valence electrons. The number of allylic oxidation sites excluding steroid dienone is 1. The summed E-state index contributed by atoms with van der Waals surface area (Å²) in [5.41, 5.74) is 2.50. The third-order valence-corrected chi connectivity index (χ3v) is 7.14. The molecule has 8 nitrogen and oxygen atoms in total. The van der Waals surface area contributed by atoms with Crippen molar-refractivity contribution in [2.24, 2.45) is 0 Å². The van der Waals surface area contributed by atoms with Gasteiger partial charge in [-0.3, -0.25) is 14.0 Å². The summed E-state index contributed by atoms with van der Waals surface area (Å²) in [7, 11) is 1.57. The van der Waals surface area contributed by atoms with Gasteiger partial charge in [0.25, 0.3) is 5.56 Å². The van der Waals surface area contributed by atoms with Gasteiger partial charge in [0.2, 0.25) is 11.7 Å². The highest BCUT2D eigenvalue weighted by atomic mass is 32.2. The van der Waals surface area contributed by atoms with E-state index < -0.39 is 0 Å². The average Bonchev–Trinajstić information content (AvgIpc) is 3.32. The summed E-state index contributed by atoms with van der Waals surface area (Å²) in [5.74, 6) is 1.08. The van der Waals surface area contributed by atoms with Crippen molar-refractivity contribution >= 4 is 34.3 Å². The highest BCUT2D eigenvalue weighted by Crippen LogP contribution is 2.27. The first-order valence-electron chi connectivity index (χ1n) is 11.8. The second-order valence-corrected chi connectivity index (χ2v) is 9.39. The number of hydrogen-bond donors (Lipinski definition) is 1. The molecule has 1 aliphatic rings. The number of benzene rings is 2. The van der Waals surface area contributed by atoms with Crippen LogP contribution in [0.5, 0.6) is 5.75 Å². The van der Waals surface area contributed by atoms with Gasteiger partial charge in [-0.1, -0.05) is 47.7 Å². The largest absolute Gasteiger partial charge is 0.495 e. The van der Waals surface area contributed by atoms with Gasteiger partial charge in [0.1, 0.15) is 5.75 Å². The summed E-state index contributed by atoms with van der Waals surface area (Å²) in [5, 5.41) is 12.8. The van der Waals surface area contributed by atoms with Crippen molar-refractivity contribution in [1.82, 2.24) is 24.5 Å². The molecule has 2 aromatic heterocycles. The lowest BCUT2D eigenvalue weighted by Gasteiger charge is -2.14. The summed E-state index contributed by atoms with van der Waals surface area (Å²) in [6.07, 6.45) is 7.99. The van der Waals surface area contributed by atoms with E-state index in [4.69, 9.17) is 4.74 Å². The van der Waals surface area contributed by atoms with E-state index in [-0.39, 0.29) is 17.2 Å². The molecule has 0 spiro atoms. The number of hydrogen-bond acceptors (Lipinski definition) is 6. The fourth-order valence-electron chi connectivity index (χ4n) is 4.48. The molecule has 35 heavy (non-hydrogen) atoms. The Balaban J connectivity index is 1.44. The molecule has 2 heterocycles. The minimum Gasteiger partial charge on any atom is -0.495 e. The third-order valence-electron chi connectivity index (χ3n) is 6.21. The monoisotopic (exact) mass is 489 g/mol. The van der Waals surface area contributed by atoms with Crippen LogP contribution < -0.4 is 15.6 Å². The SMILES string of the molecule is COc1ccccc1-n1c(=O)c2ccccc2n2c(SCC(=O)NCCC3=CCCCC3)nnc12. The van der Waals surface area contributed by atoms with Crippen molar-refractivity contribution in [3.05, 3.63) is 70.5 Å². The Bertz CT molecular complexity index is 1470. The Morgan fingerprint density at radius 1 is 1.11 bits per heavy atom. The Kier molecular flexibility index (Phi) is 6.85. The van der Waals surface area contributed by atoms with E-state index in [0.717, 1.165) is 19.3 Å². The molecular formula is C26H27N5O3S. The van der Waals surface area contributed by atoms with Crippen LogP contribution in [-0.4, -0.2) is 44.5 Å². The lowest BCUT2D eigenvalue weighted by Crippen LogP contribution is -2.26. The van der Waals surface area contributed by atoms with Crippen LogP contribution in [0.1, 0.15) is 32.1 Å². The molecular weight excluding hydrogens is 462 g/mol. The second-order valence-electron chi connectivity index (χ2n) is 8.44. The molecule has 0 radical (unpaired) electrons. The number of aromatic nitrogens is 4. The first-order valence-corrected chi connectivity index (χ1v) is 12.8. The molecule has 5 rings (SSSR count). The van der Waals surface area contributed by atoms with E-state index in [1.54, 1.807) is 19.2 Å². The van der Waals surface area contributed by atoms with E-state index in [0.29, 0.717) is 39.8 Å². The first-order chi connectivity index (χ1) is 17.2. The van der Waals surface area contributed by atoms with Gasteiger partial charge in [0, 0.05) is 6.54 Å². The average molecular weight is 490 g/mol. The summed E-state index contributed by atoms with van der Waals surface area (Å²) in [4.78, 5) is 26.0. The molecule has 0 aliphatic heterocycles.